The van der Waals surface area contributed by atoms with Crippen LogP contribution in [0, 0.1) is 25.7 Å². The molecule has 102 valence electrons. The fraction of sp³-hybridized carbons (Fsp3) is 0.600. The molecule has 3 nitrogen and oxygen atoms in total. The van der Waals surface area contributed by atoms with E-state index in [2.05, 4.69) is 16.4 Å². The average molecular weight is 275 g/mol. The first-order valence-corrected chi connectivity index (χ1v) is 7.50. The van der Waals surface area contributed by atoms with E-state index in [-0.39, 0.29) is 0 Å². The molecule has 0 aliphatic heterocycles. The zero-order valence-corrected chi connectivity index (χ0v) is 12.4. The Morgan fingerprint density at radius 3 is 2.74 bits per heavy atom. The summed E-state index contributed by atoms with van der Waals surface area (Å²) in [5.74, 6) is 1.76. The molecule has 2 fully saturated rings. The largest absolute Gasteiger partial charge is 0.389 e. The summed E-state index contributed by atoms with van der Waals surface area (Å²) < 4.78 is 0. The van der Waals surface area contributed by atoms with Crippen molar-refractivity contribution in [1.29, 1.82) is 0 Å². The molecule has 0 radical (unpaired) electrons. The Kier molecular flexibility index (Phi) is 3.21. The number of hydrogen-bond donors (Lipinski definition) is 2. The van der Waals surface area contributed by atoms with Gasteiger partial charge in [0.15, 0.2) is 0 Å². The first kappa shape index (κ1) is 12.9. The number of anilines is 1. The minimum Gasteiger partial charge on any atom is -0.389 e. The second-order valence-electron chi connectivity index (χ2n) is 6.06. The van der Waals surface area contributed by atoms with Crippen molar-refractivity contribution in [3.8, 4) is 0 Å². The topological polar surface area (TPSA) is 50.9 Å². The standard InChI is InChI=1S/C15H21N3S/c1-8-5-13(14(15(16)19)9(2)17-8)18-12-7-10-3-4-11(12)6-10/h5,10-12H,3-4,6-7H2,1-2H3,(H2,16,19)(H,17,18). The van der Waals surface area contributed by atoms with Gasteiger partial charge in [-0.2, -0.15) is 0 Å². The highest BCUT2D eigenvalue weighted by Crippen LogP contribution is 2.45. The van der Waals surface area contributed by atoms with Crippen LogP contribution in [-0.4, -0.2) is 16.0 Å². The molecule has 2 saturated carbocycles. The number of thiocarbonyl (C=S) groups is 1. The SMILES string of the molecule is Cc1cc(NC2CC3CCC2C3)c(C(N)=S)c(C)n1. The molecule has 4 heteroatoms. The Balaban J connectivity index is 1.89. The number of nitrogens with zero attached hydrogens (tertiary/aromatic N) is 1. The molecule has 0 saturated heterocycles. The van der Waals surface area contributed by atoms with Crippen LogP contribution in [0.4, 0.5) is 5.69 Å². The molecule has 2 aliphatic carbocycles. The lowest BCUT2D eigenvalue weighted by atomic mass is 9.94. The van der Waals surface area contributed by atoms with E-state index in [9.17, 15) is 0 Å². The maximum Gasteiger partial charge on any atom is 0.107 e. The van der Waals surface area contributed by atoms with Gasteiger partial charge < -0.3 is 11.1 Å². The molecule has 0 spiro atoms. The van der Waals surface area contributed by atoms with Crippen LogP contribution in [0.5, 0.6) is 0 Å². The van der Waals surface area contributed by atoms with Crippen LogP contribution in [0.2, 0.25) is 0 Å². The van der Waals surface area contributed by atoms with E-state index >= 15 is 0 Å². The van der Waals surface area contributed by atoms with Gasteiger partial charge in [0.05, 0.1) is 5.56 Å². The van der Waals surface area contributed by atoms with Crippen LogP contribution >= 0.6 is 12.2 Å². The second kappa shape index (κ2) is 4.75. The number of pyridine rings is 1. The summed E-state index contributed by atoms with van der Waals surface area (Å²) in [7, 11) is 0. The third-order valence-electron chi connectivity index (χ3n) is 4.65. The average Bonchev–Trinajstić information content (AvgIpc) is 2.88. The van der Waals surface area contributed by atoms with Gasteiger partial charge >= 0.3 is 0 Å². The highest BCUT2D eigenvalue weighted by molar-refractivity contribution is 7.80. The Morgan fingerprint density at radius 2 is 2.16 bits per heavy atom. The number of hydrogen-bond acceptors (Lipinski definition) is 3. The van der Waals surface area contributed by atoms with E-state index in [4.69, 9.17) is 18.0 Å². The van der Waals surface area contributed by atoms with Crippen LogP contribution in [-0.2, 0) is 0 Å². The molecule has 3 rings (SSSR count). The number of nitrogens with two attached hydrogens (primary N) is 1. The summed E-state index contributed by atoms with van der Waals surface area (Å²) in [6.45, 7) is 4.00. The summed E-state index contributed by atoms with van der Waals surface area (Å²) in [4.78, 5) is 4.91. The number of aromatic nitrogens is 1. The minimum atomic E-state index is 0.440. The molecule has 1 aromatic heterocycles. The summed E-state index contributed by atoms with van der Waals surface area (Å²) in [6.07, 6.45) is 5.47. The van der Waals surface area contributed by atoms with Gasteiger partial charge in [-0.15, -0.1) is 0 Å². The molecule has 3 unspecified atom stereocenters. The quantitative estimate of drug-likeness (QED) is 0.833. The molecule has 1 aromatic rings. The minimum absolute atomic E-state index is 0.440. The van der Waals surface area contributed by atoms with Crippen molar-refractivity contribution in [2.45, 2.75) is 45.6 Å². The molecule has 0 aromatic carbocycles. The molecule has 0 amide bonds. The molecule has 2 bridgehead atoms. The zero-order valence-electron chi connectivity index (χ0n) is 11.6. The Hall–Kier alpha value is -1.16. The fourth-order valence-corrected chi connectivity index (χ4v) is 4.13. The second-order valence-corrected chi connectivity index (χ2v) is 6.50. The summed E-state index contributed by atoms with van der Waals surface area (Å²) in [5.41, 5.74) is 9.81. The van der Waals surface area contributed by atoms with Crippen molar-refractivity contribution >= 4 is 22.9 Å². The van der Waals surface area contributed by atoms with E-state index in [1.165, 1.54) is 25.7 Å². The maximum absolute atomic E-state index is 5.87. The zero-order chi connectivity index (χ0) is 13.6. The third kappa shape index (κ3) is 2.34. The molecule has 3 atom stereocenters. The van der Waals surface area contributed by atoms with Crippen molar-refractivity contribution in [2.75, 3.05) is 5.32 Å². The van der Waals surface area contributed by atoms with Gasteiger partial charge in [0, 0.05) is 23.1 Å². The van der Waals surface area contributed by atoms with Crippen molar-refractivity contribution in [2.24, 2.45) is 17.6 Å². The number of rotatable bonds is 3. The summed E-state index contributed by atoms with van der Waals surface area (Å²) >= 11 is 5.19. The van der Waals surface area contributed by atoms with Crippen molar-refractivity contribution < 1.29 is 0 Å². The lowest BCUT2D eigenvalue weighted by Crippen LogP contribution is -2.28. The number of aryl methyl sites for hydroxylation is 2. The van der Waals surface area contributed by atoms with Gasteiger partial charge in [-0.25, -0.2) is 0 Å². The normalized spacial score (nSPS) is 28.6. The van der Waals surface area contributed by atoms with Crippen molar-refractivity contribution in [1.82, 2.24) is 4.98 Å². The highest BCUT2D eigenvalue weighted by Gasteiger charge is 2.39. The molecular formula is C15H21N3S. The molecule has 2 aliphatic rings. The van der Waals surface area contributed by atoms with E-state index < -0.39 is 0 Å². The molecular weight excluding hydrogens is 254 g/mol. The van der Waals surface area contributed by atoms with Crippen LogP contribution in [0.1, 0.15) is 42.6 Å². The van der Waals surface area contributed by atoms with E-state index in [1.807, 2.05) is 13.8 Å². The van der Waals surface area contributed by atoms with Crippen LogP contribution < -0.4 is 11.1 Å². The monoisotopic (exact) mass is 275 g/mol. The van der Waals surface area contributed by atoms with E-state index in [1.54, 1.807) is 0 Å². The summed E-state index contributed by atoms with van der Waals surface area (Å²) in [6, 6.07) is 2.67. The Bertz CT molecular complexity index is 526. The predicted octanol–water partition coefficient (Wildman–Crippen LogP) is 2.93. The summed E-state index contributed by atoms with van der Waals surface area (Å²) in [5, 5.41) is 3.70. The van der Waals surface area contributed by atoms with Crippen molar-refractivity contribution in [3.63, 3.8) is 0 Å². The number of nitrogens with one attached hydrogen (secondary N) is 1. The molecule has 3 N–H and O–H groups in total. The van der Waals surface area contributed by atoms with Crippen LogP contribution in [0.15, 0.2) is 6.07 Å². The lowest BCUT2D eigenvalue weighted by molar-refractivity contribution is 0.439. The van der Waals surface area contributed by atoms with E-state index in [0.29, 0.717) is 11.0 Å². The van der Waals surface area contributed by atoms with Gasteiger partial charge in [0.2, 0.25) is 0 Å². The van der Waals surface area contributed by atoms with Crippen LogP contribution in [0.25, 0.3) is 0 Å². The Morgan fingerprint density at radius 1 is 1.37 bits per heavy atom. The van der Waals surface area contributed by atoms with Gasteiger partial charge in [-0.05, 0) is 51.0 Å². The van der Waals surface area contributed by atoms with Gasteiger partial charge in [0.25, 0.3) is 0 Å². The fourth-order valence-electron chi connectivity index (χ4n) is 3.87. The number of fused-ring (bicyclic) bond motifs is 2. The van der Waals surface area contributed by atoms with Crippen molar-refractivity contribution in [3.05, 3.63) is 23.0 Å². The molecule has 19 heavy (non-hydrogen) atoms. The molecule has 1 heterocycles. The first-order chi connectivity index (χ1) is 9.04. The predicted molar refractivity (Wildman–Crippen MR) is 82.5 cm³/mol. The van der Waals surface area contributed by atoms with Gasteiger partial charge in [0.1, 0.15) is 4.99 Å². The first-order valence-electron chi connectivity index (χ1n) is 7.09. The lowest BCUT2D eigenvalue weighted by Gasteiger charge is -2.26. The third-order valence-corrected chi connectivity index (χ3v) is 4.86. The highest BCUT2D eigenvalue weighted by atomic mass is 32.1. The Labute approximate surface area is 120 Å². The van der Waals surface area contributed by atoms with Gasteiger partial charge in [-0.1, -0.05) is 18.6 Å². The van der Waals surface area contributed by atoms with Gasteiger partial charge in [-0.3, -0.25) is 4.98 Å². The maximum atomic E-state index is 5.87. The van der Waals surface area contributed by atoms with Crippen LogP contribution in [0.3, 0.4) is 0 Å². The van der Waals surface area contributed by atoms with E-state index in [0.717, 1.165) is 34.5 Å². The smallest absolute Gasteiger partial charge is 0.107 e.